The van der Waals surface area contributed by atoms with Gasteiger partial charge in [-0.15, -0.1) is 0 Å². The molecular weight excluding hydrogens is 158 g/mol. The van der Waals surface area contributed by atoms with Crippen molar-refractivity contribution in [1.82, 2.24) is 5.32 Å². The maximum atomic E-state index is 10.2. The first-order valence-corrected chi connectivity index (χ1v) is 4.16. The zero-order valence-corrected chi connectivity index (χ0v) is 7.30. The SMILES string of the molecule is COC1(CNCC(=O)O)CCC1. The highest BCUT2D eigenvalue weighted by molar-refractivity contribution is 5.68. The molecule has 2 N–H and O–H groups in total. The fourth-order valence-corrected chi connectivity index (χ4v) is 1.42. The minimum absolute atomic E-state index is 0.0190. The van der Waals surface area contributed by atoms with Gasteiger partial charge < -0.3 is 15.2 Å². The van der Waals surface area contributed by atoms with E-state index in [9.17, 15) is 4.79 Å². The summed E-state index contributed by atoms with van der Waals surface area (Å²) in [5.41, 5.74) is -0.0740. The van der Waals surface area contributed by atoms with Gasteiger partial charge in [0.2, 0.25) is 0 Å². The van der Waals surface area contributed by atoms with Crippen LogP contribution in [0.3, 0.4) is 0 Å². The smallest absolute Gasteiger partial charge is 0.317 e. The molecule has 0 saturated heterocycles. The summed E-state index contributed by atoms with van der Waals surface area (Å²) < 4.78 is 5.30. The molecule has 0 aromatic carbocycles. The highest BCUT2D eigenvalue weighted by atomic mass is 16.5. The molecule has 1 rings (SSSR count). The van der Waals surface area contributed by atoms with Crippen molar-refractivity contribution in [3.63, 3.8) is 0 Å². The van der Waals surface area contributed by atoms with E-state index >= 15 is 0 Å². The normalized spacial score (nSPS) is 20.1. The van der Waals surface area contributed by atoms with Gasteiger partial charge in [0, 0.05) is 13.7 Å². The summed E-state index contributed by atoms with van der Waals surface area (Å²) in [6.45, 7) is 0.668. The molecule has 0 radical (unpaired) electrons. The molecule has 0 atom stereocenters. The highest BCUT2D eigenvalue weighted by Gasteiger charge is 2.36. The van der Waals surface area contributed by atoms with Crippen LogP contribution in [0.5, 0.6) is 0 Å². The van der Waals surface area contributed by atoms with Gasteiger partial charge in [-0.05, 0) is 19.3 Å². The maximum Gasteiger partial charge on any atom is 0.317 e. The fourth-order valence-electron chi connectivity index (χ4n) is 1.42. The first-order valence-electron chi connectivity index (χ1n) is 4.16. The van der Waals surface area contributed by atoms with E-state index in [0.717, 1.165) is 12.8 Å². The van der Waals surface area contributed by atoms with E-state index in [2.05, 4.69) is 5.32 Å². The summed E-state index contributed by atoms with van der Waals surface area (Å²) >= 11 is 0. The van der Waals surface area contributed by atoms with Gasteiger partial charge in [0.15, 0.2) is 0 Å². The van der Waals surface area contributed by atoms with Crippen LogP contribution in [0.2, 0.25) is 0 Å². The second-order valence-corrected chi connectivity index (χ2v) is 3.24. The summed E-state index contributed by atoms with van der Waals surface area (Å²) in [4.78, 5) is 10.2. The van der Waals surface area contributed by atoms with Crippen molar-refractivity contribution in [2.24, 2.45) is 0 Å². The number of ether oxygens (including phenoxy) is 1. The van der Waals surface area contributed by atoms with Gasteiger partial charge in [0.1, 0.15) is 0 Å². The average Bonchev–Trinajstić information content (AvgIpc) is 1.94. The van der Waals surface area contributed by atoms with Crippen molar-refractivity contribution in [2.45, 2.75) is 24.9 Å². The standard InChI is InChI=1S/C8H15NO3/c1-12-8(3-2-4-8)6-9-5-7(10)11/h9H,2-6H2,1H3,(H,10,11). The lowest BCUT2D eigenvalue weighted by Crippen LogP contribution is -2.48. The number of methoxy groups -OCH3 is 1. The Balaban J connectivity index is 2.16. The number of carboxylic acid groups (broad SMARTS) is 1. The maximum absolute atomic E-state index is 10.2. The largest absolute Gasteiger partial charge is 0.480 e. The van der Waals surface area contributed by atoms with Crippen LogP contribution in [-0.2, 0) is 9.53 Å². The molecular formula is C8H15NO3. The fraction of sp³-hybridized carbons (Fsp3) is 0.875. The molecule has 0 aromatic heterocycles. The third-order valence-corrected chi connectivity index (χ3v) is 2.42. The lowest BCUT2D eigenvalue weighted by Gasteiger charge is -2.40. The van der Waals surface area contributed by atoms with Gasteiger partial charge in [-0.3, -0.25) is 4.79 Å². The van der Waals surface area contributed by atoms with Gasteiger partial charge in [0.05, 0.1) is 12.1 Å². The first kappa shape index (κ1) is 9.48. The van der Waals surface area contributed by atoms with E-state index in [-0.39, 0.29) is 12.1 Å². The Morgan fingerprint density at radius 1 is 1.67 bits per heavy atom. The van der Waals surface area contributed by atoms with Crippen LogP contribution in [0.1, 0.15) is 19.3 Å². The van der Waals surface area contributed by atoms with E-state index in [1.807, 2.05) is 0 Å². The predicted octanol–water partition coefficient (Wildman–Crippen LogP) is 0.230. The van der Waals surface area contributed by atoms with Crippen molar-refractivity contribution < 1.29 is 14.6 Å². The molecule has 4 nitrogen and oxygen atoms in total. The number of rotatable bonds is 5. The van der Waals surface area contributed by atoms with Gasteiger partial charge in [0.25, 0.3) is 0 Å². The van der Waals surface area contributed by atoms with Gasteiger partial charge in [-0.25, -0.2) is 0 Å². The van der Waals surface area contributed by atoms with Crippen LogP contribution in [-0.4, -0.2) is 36.9 Å². The Hall–Kier alpha value is -0.610. The van der Waals surface area contributed by atoms with E-state index in [4.69, 9.17) is 9.84 Å². The summed E-state index contributed by atoms with van der Waals surface area (Å²) in [5, 5.41) is 11.2. The van der Waals surface area contributed by atoms with Crippen molar-refractivity contribution in [1.29, 1.82) is 0 Å². The van der Waals surface area contributed by atoms with Crippen LogP contribution in [0, 0.1) is 0 Å². The van der Waals surface area contributed by atoms with Gasteiger partial charge in [-0.1, -0.05) is 0 Å². The van der Waals surface area contributed by atoms with Crippen LogP contribution < -0.4 is 5.32 Å². The second-order valence-electron chi connectivity index (χ2n) is 3.24. The number of carboxylic acids is 1. The predicted molar refractivity (Wildman–Crippen MR) is 44.1 cm³/mol. The molecule has 1 aliphatic rings. The van der Waals surface area contributed by atoms with Gasteiger partial charge in [-0.2, -0.15) is 0 Å². The van der Waals surface area contributed by atoms with Crippen LogP contribution in [0.15, 0.2) is 0 Å². The monoisotopic (exact) mass is 173 g/mol. The van der Waals surface area contributed by atoms with Crippen LogP contribution in [0.4, 0.5) is 0 Å². The lowest BCUT2D eigenvalue weighted by molar-refractivity contribution is -0.136. The number of aliphatic carboxylic acids is 1. The molecule has 0 aliphatic heterocycles. The van der Waals surface area contributed by atoms with E-state index in [0.29, 0.717) is 6.54 Å². The molecule has 1 fully saturated rings. The Morgan fingerprint density at radius 3 is 2.67 bits per heavy atom. The molecule has 0 amide bonds. The summed E-state index contributed by atoms with van der Waals surface area (Å²) in [6, 6.07) is 0. The van der Waals surface area contributed by atoms with Crippen molar-refractivity contribution >= 4 is 5.97 Å². The third-order valence-electron chi connectivity index (χ3n) is 2.42. The second kappa shape index (κ2) is 3.87. The Morgan fingerprint density at radius 2 is 2.33 bits per heavy atom. The average molecular weight is 173 g/mol. The van der Waals surface area contributed by atoms with Crippen molar-refractivity contribution in [2.75, 3.05) is 20.2 Å². The highest BCUT2D eigenvalue weighted by Crippen LogP contribution is 2.34. The number of hydrogen-bond acceptors (Lipinski definition) is 3. The van der Waals surface area contributed by atoms with E-state index in [1.54, 1.807) is 7.11 Å². The molecule has 12 heavy (non-hydrogen) atoms. The van der Waals surface area contributed by atoms with E-state index < -0.39 is 5.97 Å². The van der Waals surface area contributed by atoms with Crippen molar-refractivity contribution in [3.05, 3.63) is 0 Å². The quantitative estimate of drug-likeness (QED) is 0.625. The Labute approximate surface area is 71.9 Å². The Kier molecular flexibility index (Phi) is 3.05. The van der Waals surface area contributed by atoms with Gasteiger partial charge >= 0.3 is 5.97 Å². The molecule has 0 bridgehead atoms. The number of carbonyl (C=O) groups is 1. The topological polar surface area (TPSA) is 58.6 Å². The third kappa shape index (κ3) is 2.19. The minimum Gasteiger partial charge on any atom is -0.480 e. The van der Waals surface area contributed by atoms with E-state index in [1.165, 1.54) is 6.42 Å². The summed E-state index contributed by atoms with van der Waals surface area (Å²) in [5.74, 6) is -0.819. The molecule has 0 heterocycles. The molecule has 70 valence electrons. The first-order chi connectivity index (χ1) is 5.68. The minimum atomic E-state index is -0.819. The van der Waals surface area contributed by atoms with Crippen molar-refractivity contribution in [3.8, 4) is 0 Å². The molecule has 0 spiro atoms. The molecule has 4 heteroatoms. The number of nitrogens with one attached hydrogen (secondary N) is 1. The molecule has 1 saturated carbocycles. The zero-order chi connectivity index (χ0) is 9.03. The number of hydrogen-bond donors (Lipinski definition) is 2. The summed E-state index contributed by atoms with van der Waals surface area (Å²) in [7, 11) is 1.68. The van der Waals surface area contributed by atoms with Crippen LogP contribution >= 0.6 is 0 Å². The zero-order valence-electron chi connectivity index (χ0n) is 7.30. The lowest BCUT2D eigenvalue weighted by atomic mass is 9.80. The molecule has 1 aliphatic carbocycles. The molecule has 0 aromatic rings. The Bertz CT molecular complexity index is 160. The van der Waals surface area contributed by atoms with Crippen LogP contribution in [0.25, 0.3) is 0 Å². The summed E-state index contributed by atoms with van der Waals surface area (Å²) in [6.07, 6.45) is 3.26. The molecule has 0 unspecified atom stereocenters.